The van der Waals surface area contributed by atoms with Gasteiger partial charge in [-0.05, 0) is 6.42 Å². The Balaban J connectivity index is 1.84. The highest BCUT2D eigenvalue weighted by atomic mass is 16.5. The molecule has 2 heterocycles. The molecule has 0 aromatic rings. The average molecular weight is 271 g/mol. The smallest absolute Gasteiger partial charge is 0.328 e. The fourth-order valence-corrected chi connectivity index (χ4v) is 2.19. The summed E-state index contributed by atoms with van der Waals surface area (Å²) in [6.45, 7) is 0.897. The summed E-state index contributed by atoms with van der Waals surface area (Å²) in [7, 11) is 0. The van der Waals surface area contributed by atoms with Crippen molar-refractivity contribution in [1.82, 2.24) is 15.5 Å². The number of carbonyl (C=O) groups is 3. The Bertz CT molecular complexity index is 387. The van der Waals surface area contributed by atoms with E-state index in [4.69, 9.17) is 9.84 Å². The van der Waals surface area contributed by atoms with Crippen LogP contribution in [0.1, 0.15) is 12.8 Å². The number of ether oxygens (including phenoxy) is 1. The number of nitrogens with zero attached hydrogens (tertiary/aromatic N) is 1. The van der Waals surface area contributed by atoms with E-state index in [-0.39, 0.29) is 25.1 Å². The summed E-state index contributed by atoms with van der Waals surface area (Å²) in [5.41, 5.74) is 0. The van der Waals surface area contributed by atoms with Crippen LogP contribution in [0.5, 0.6) is 0 Å². The van der Waals surface area contributed by atoms with Gasteiger partial charge in [0.1, 0.15) is 0 Å². The molecule has 2 rings (SSSR count). The van der Waals surface area contributed by atoms with Crippen LogP contribution in [0.25, 0.3) is 0 Å². The van der Waals surface area contributed by atoms with Crippen LogP contribution in [0, 0.1) is 0 Å². The van der Waals surface area contributed by atoms with Gasteiger partial charge < -0.3 is 25.4 Å². The van der Waals surface area contributed by atoms with Crippen LogP contribution in [0.3, 0.4) is 0 Å². The van der Waals surface area contributed by atoms with E-state index in [1.54, 1.807) is 0 Å². The number of carboxylic acids is 1. The number of rotatable bonds is 3. The van der Waals surface area contributed by atoms with Crippen molar-refractivity contribution in [3.05, 3.63) is 0 Å². The molecule has 0 aromatic carbocycles. The standard InChI is InChI=1S/C11H17N3O5/c15-9-2-1-7(13-9)5-12-11(18)14-3-4-19-6-8(14)10(16)17/h7-8H,1-6H2,(H,12,18)(H,13,15)(H,16,17). The summed E-state index contributed by atoms with van der Waals surface area (Å²) in [4.78, 5) is 35.2. The number of nitrogens with one attached hydrogen (secondary N) is 2. The summed E-state index contributed by atoms with van der Waals surface area (Å²) in [5.74, 6) is -1.10. The van der Waals surface area contributed by atoms with Crippen molar-refractivity contribution in [3.8, 4) is 0 Å². The first kappa shape index (κ1) is 13.6. The molecule has 2 saturated heterocycles. The minimum Gasteiger partial charge on any atom is -0.480 e. The van der Waals surface area contributed by atoms with Crippen molar-refractivity contribution in [3.63, 3.8) is 0 Å². The summed E-state index contributed by atoms with van der Waals surface area (Å²) >= 11 is 0. The van der Waals surface area contributed by atoms with Gasteiger partial charge in [0, 0.05) is 25.6 Å². The highest BCUT2D eigenvalue weighted by Crippen LogP contribution is 2.09. The Labute approximate surface area is 110 Å². The Hall–Kier alpha value is -1.83. The van der Waals surface area contributed by atoms with E-state index in [1.807, 2.05) is 0 Å². The SMILES string of the molecule is O=C1CCC(CNC(=O)N2CCOCC2C(=O)O)N1. The molecule has 3 amide bonds. The number of hydrogen-bond acceptors (Lipinski definition) is 4. The van der Waals surface area contributed by atoms with Crippen molar-refractivity contribution in [2.24, 2.45) is 0 Å². The number of urea groups is 1. The van der Waals surface area contributed by atoms with E-state index in [9.17, 15) is 14.4 Å². The zero-order valence-electron chi connectivity index (χ0n) is 10.4. The number of aliphatic carboxylic acids is 1. The number of hydrogen-bond donors (Lipinski definition) is 3. The second-order valence-electron chi connectivity index (χ2n) is 4.61. The van der Waals surface area contributed by atoms with Crippen LogP contribution in [0.15, 0.2) is 0 Å². The number of carboxylic acid groups (broad SMARTS) is 1. The first-order valence-electron chi connectivity index (χ1n) is 6.22. The predicted octanol–water partition coefficient (Wildman–Crippen LogP) is -1.24. The molecular formula is C11H17N3O5. The van der Waals surface area contributed by atoms with E-state index in [2.05, 4.69) is 10.6 Å². The van der Waals surface area contributed by atoms with Gasteiger partial charge in [-0.25, -0.2) is 9.59 Å². The first-order valence-corrected chi connectivity index (χ1v) is 6.22. The number of morpholine rings is 1. The van der Waals surface area contributed by atoms with Crippen LogP contribution in [0.2, 0.25) is 0 Å². The van der Waals surface area contributed by atoms with Crippen LogP contribution < -0.4 is 10.6 Å². The minimum atomic E-state index is -1.08. The monoisotopic (exact) mass is 271 g/mol. The molecule has 2 unspecified atom stereocenters. The first-order chi connectivity index (χ1) is 9.08. The summed E-state index contributed by atoms with van der Waals surface area (Å²) in [6.07, 6.45) is 1.15. The lowest BCUT2D eigenvalue weighted by atomic mass is 10.2. The fraction of sp³-hybridized carbons (Fsp3) is 0.727. The molecule has 2 fully saturated rings. The van der Waals surface area contributed by atoms with Gasteiger partial charge in [-0.15, -0.1) is 0 Å². The van der Waals surface area contributed by atoms with E-state index < -0.39 is 18.0 Å². The quantitative estimate of drug-likeness (QED) is 0.595. The van der Waals surface area contributed by atoms with E-state index in [0.29, 0.717) is 26.0 Å². The highest BCUT2D eigenvalue weighted by Gasteiger charge is 2.33. The Morgan fingerprint density at radius 2 is 2.32 bits per heavy atom. The van der Waals surface area contributed by atoms with Crippen LogP contribution in [-0.4, -0.2) is 66.3 Å². The molecule has 0 radical (unpaired) electrons. The zero-order valence-corrected chi connectivity index (χ0v) is 10.4. The van der Waals surface area contributed by atoms with Crippen LogP contribution >= 0.6 is 0 Å². The summed E-state index contributed by atoms with van der Waals surface area (Å²) < 4.78 is 5.06. The maximum Gasteiger partial charge on any atom is 0.328 e. The third kappa shape index (κ3) is 3.34. The molecule has 0 aliphatic carbocycles. The van der Waals surface area contributed by atoms with Crippen molar-refractivity contribution in [2.75, 3.05) is 26.3 Å². The molecular weight excluding hydrogens is 254 g/mol. The van der Waals surface area contributed by atoms with Gasteiger partial charge in [0.2, 0.25) is 5.91 Å². The van der Waals surface area contributed by atoms with Crippen LogP contribution in [-0.2, 0) is 14.3 Å². The van der Waals surface area contributed by atoms with Gasteiger partial charge in [0.05, 0.1) is 13.2 Å². The molecule has 0 bridgehead atoms. The van der Waals surface area contributed by atoms with Gasteiger partial charge in [0.15, 0.2) is 6.04 Å². The predicted molar refractivity (Wildman–Crippen MR) is 63.5 cm³/mol. The molecule has 8 heteroatoms. The molecule has 0 saturated carbocycles. The topological polar surface area (TPSA) is 108 Å². The highest BCUT2D eigenvalue weighted by molar-refractivity contribution is 5.83. The lowest BCUT2D eigenvalue weighted by molar-refractivity contribution is -0.147. The molecule has 3 N–H and O–H groups in total. The second-order valence-corrected chi connectivity index (χ2v) is 4.61. The van der Waals surface area contributed by atoms with Gasteiger partial charge in [-0.1, -0.05) is 0 Å². The third-order valence-corrected chi connectivity index (χ3v) is 3.26. The van der Waals surface area contributed by atoms with Crippen molar-refractivity contribution >= 4 is 17.9 Å². The Morgan fingerprint density at radius 1 is 1.53 bits per heavy atom. The zero-order chi connectivity index (χ0) is 13.8. The molecule has 8 nitrogen and oxygen atoms in total. The van der Waals surface area contributed by atoms with Gasteiger partial charge in [-0.2, -0.15) is 0 Å². The second kappa shape index (κ2) is 5.87. The Morgan fingerprint density at radius 3 is 2.95 bits per heavy atom. The summed E-state index contributed by atoms with van der Waals surface area (Å²) in [5, 5.41) is 14.4. The average Bonchev–Trinajstić information content (AvgIpc) is 2.81. The molecule has 0 aromatic heterocycles. The molecule has 2 aliphatic rings. The van der Waals surface area contributed by atoms with Crippen molar-refractivity contribution in [1.29, 1.82) is 0 Å². The maximum absolute atomic E-state index is 11.9. The minimum absolute atomic E-state index is 0.00289. The van der Waals surface area contributed by atoms with E-state index in [1.165, 1.54) is 4.90 Å². The number of carbonyl (C=O) groups excluding carboxylic acids is 2. The molecule has 2 atom stereocenters. The fourth-order valence-electron chi connectivity index (χ4n) is 2.19. The molecule has 0 spiro atoms. The number of amides is 3. The Kier molecular flexibility index (Phi) is 4.20. The largest absolute Gasteiger partial charge is 0.480 e. The van der Waals surface area contributed by atoms with Crippen LogP contribution in [0.4, 0.5) is 4.79 Å². The third-order valence-electron chi connectivity index (χ3n) is 3.26. The van der Waals surface area contributed by atoms with Gasteiger partial charge in [0.25, 0.3) is 0 Å². The summed E-state index contributed by atoms with van der Waals surface area (Å²) in [6, 6.07) is -1.45. The van der Waals surface area contributed by atoms with Crippen molar-refractivity contribution in [2.45, 2.75) is 24.9 Å². The van der Waals surface area contributed by atoms with E-state index in [0.717, 1.165) is 0 Å². The molecule has 19 heavy (non-hydrogen) atoms. The molecule has 106 valence electrons. The van der Waals surface area contributed by atoms with Gasteiger partial charge >= 0.3 is 12.0 Å². The molecule has 2 aliphatic heterocycles. The van der Waals surface area contributed by atoms with E-state index >= 15 is 0 Å². The lowest BCUT2D eigenvalue weighted by Crippen LogP contribution is -2.56. The maximum atomic E-state index is 11.9. The van der Waals surface area contributed by atoms with Gasteiger partial charge in [-0.3, -0.25) is 4.79 Å². The normalized spacial score (nSPS) is 26.9. The van der Waals surface area contributed by atoms with Crippen molar-refractivity contribution < 1.29 is 24.2 Å². The lowest BCUT2D eigenvalue weighted by Gasteiger charge is -2.33.